The van der Waals surface area contributed by atoms with Crippen molar-refractivity contribution in [3.8, 4) is 0 Å². The van der Waals surface area contributed by atoms with Gasteiger partial charge in [-0.1, -0.05) is 17.7 Å². The standard InChI is InChI=1S/C11H13ClFNO3/c1-16-5-6-17-14-11(15)7-8-9(12)3-2-4-10(8)13/h2-4H,5-7H2,1H3,(H,14,15). The summed E-state index contributed by atoms with van der Waals surface area (Å²) in [6, 6.07) is 4.26. The number of carbonyl (C=O) groups excluding carboxylic acids is 1. The van der Waals surface area contributed by atoms with E-state index in [1.165, 1.54) is 25.3 Å². The van der Waals surface area contributed by atoms with Crippen LogP contribution in [-0.4, -0.2) is 26.2 Å². The molecular weight excluding hydrogens is 249 g/mol. The van der Waals surface area contributed by atoms with Crippen LogP contribution >= 0.6 is 11.6 Å². The zero-order valence-electron chi connectivity index (χ0n) is 9.33. The van der Waals surface area contributed by atoms with E-state index < -0.39 is 11.7 Å². The Bertz CT molecular complexity index is 367. The molecule has 17 heavy (non-hydrogen) atoms. The zero-order valence-corrected chi connectivity index (χ0v) is 10.1. The van der Waals surface area contributed by atoms with Crippen molar-refractivity contribution in [1.29, 1.82) is 0 Å². The van der Waals surface area contributed by atoms with Crippen LogP contribution in [0.4, 0.5) is 4.39 Å². The first kappa shape index (κ1) is 13.9. The van der Waals surface area contributed by atoms with Gasteiger partial charge in [-0.15, -0.1) is 0 Å². The summed E-state index contributed by atoms with van der Waals surface area (Å²) < 4.78 is 18.1. The lowest BCUT2D eigenvalue weighted by molar-refractivity contribution is -0.133. The van der Waals surface area contributed by atoms with Crippen molar-refractivity contribution in [1.82, 2.24) is 5.48 Å². The third-order valence-corrected chi connectivity index (χ3v) is 2.33. The van der Waals surface area contributed by atoms with Gasteiger partial charge in [-0.3, -0.25) is 9.63 Å². The molecule has 0 bridgehead atoms. The molecule has 1 rings (SSSR count). The predicted octanol–water partition coefficient (Wildman–Crippen LogP) is 1.72. The molecule has 0 aliphatic heterocycles. The van der Waals surface area contributed by atoms with Crippen LogP contribution in [0.2, 0.25) is 5.02 Å². The van der Waals surface area contributed by atoms with Crippen LogP contribution in [0.15, 0.2) is 18.2 Å². The summed E-state index contributed by atoms with van der Waals surface area (Å²) in [4.78, 5) is 16.2. The summed E-state index contributed by atoms with van der Waals surface area (Å²) in [5.74, 6) is -0.974. The summed E-state index contributed by atoms with van der Waals surface area (Å²) in [5.41, 5.74) is 2.33. The van der Waals surface area contributed by atoms with Crippen LogP contribution in [0, 0.1) is 5.82 Å². The van der Waals surface area contributed by atoms with E-state index in [0.29, 0.717) is 6.61 Å². The number of amides is 1. The highest BCUT2D eigenvalue weighted by molar-refractivity contribution is 6.31. The number of nitrogens with one attached hydrogen (secondary N) is 1. The third kappa shape index (κ3) is 4.68. The number of hydroxylamine groups is 1. The molecule has 0 aliphatic rings. The fourth-order valence-electron chi connectivity index (χ4n) is 1.15. The average Bonchev–Trinajstić information content (AvgIpc) is 2.30. The van der Waals surface area contributed by atoms with Crippen molar-refractivity contribution in [3.05, 3.63) is 34.6 Å². The van der Waals surface area contributed by atoms with Crippen LogP contribution < -0.4 is 5.48 Å². The van der Waals surface area contributed by atoms with Gasteiger partial charge in [0, 0.05) is 17.7 Å². The van der Waals surface area contributed by atoms with Crippen LogP contribution in [0.3, 0.4) is 0 Å². The van der Waals surface area contributed by atoms with Gasteiger partial charge in [0.15, 0.2) is 0 Å². The zero-order chi connectivity index (χ0) is 12.7. The van der Waals surface area contributed by atoms with E-state index in [1.807, 2.05) is 0 Å². The minimum absolute atomic E-state index is 0.155. The van der Waals surface area contributed by atoms with E-state index in [9.17, 15) is 9.18 Å². The smallest absolute Gasteiger partial charge is 0.248 e. The van der Waals surface area contributed by atoms with Crippen LogP contribution in [0.25, 0.3) is 0 Å². The number of halogens is 2. The Kier molecular flexibility index (Phi) is 5.90. The number of hydrogen-bond acceptors (Lipinski definition) is 3. The Balaban J connectivity index is 2.45. The Morgan fingerprint density at radius 3 is 2.88 bits per heavy atom. The molecule has 1 aromatic rings. The molecule has 0 atom stereocenters. The highest BCUT2D eigenvalue weighted by Crippen LogP contribution is 2.19. The topological polar surface area (TPSA) is 47.6 Å². The molecule has 0 aromatic heterocycles. The molecule has 1 N–H and O–H groups in total. The molecule has 1 aromatic carbocycles. The number of ether oxygens (including phenoxy) is 1. The Labute approximate surface area is 104 Å². The van der Waals surface area contributed by atoms with Gasteiger partial charge in [-0.05, 0) is 12.1 Å². The molecule has 4 nitrogen and oxygen atoms in total. The fourth-order valence-corrected chi connectivity index (χ4v) is 1.38. The molecular formula is C11H13ClFNO3. The largest absolute Gasteiger partial charge is 0.382 e. The first-order valence-electron chi connectivity index (χ1n) is 4.97. The predicted molar refractivity (Wildman–Crippen MR) is 61.1 cm³/mol. The van der Waals surface area contributed by atoms with Crippen LogP contribution in [0.5, 0.6) is 0 Å². The maximum atomic E-state index is 13.3. The monoisotopic (exact) mass is 261 g/mol. The van der Waals surface area contributed by atoms with E-state index >= 15 is 0 Å². The van der Waals surface area contributed by atoms with Crippen molar-refractivity contribution in [2.75, 3.05) is 20.3 Å². The first-order valence-corrected chi connectivity index (χ1v) is 5.35. The molecule has 94 valence electrons. The molecule has 0 saturated carbocycles. The van der Waals surface area contributed by atoms with Crippen molar-refractivity contribution in [2.24, 2.45) is 0 Å². The Hall–Kier alpha value is -1.17. The molecule has 0 saturated heterocycles. The Morgan fingerprint density at radius 1 is 1.47 bits per heavy atom. The van der Waals surface area contributed by atoms with Crippen molar-refractivity contribution in [2.45, 2.75) is 6.42 Å². The molecule has 0 heterocycles. The van der Waals surface area contributed by atoms with Gasteiger partial charge in [0.05, 0.1) is 19.6 Å². The normalized spacial score (nSPS) is 10.3. The Morgan fingerprint density at radius 2 is 2.24 bits per heavy atom. The summed E-state index contributed by atoms with van der Waals surface area (Å²) in [6.07, 6.45) is -0.168. The molecule has 1 amide bonds. The summed E-state index contributed by atoms with van der Waals surface area (Å²) in [6.45, 7) is 0.591. The third-order valence-electron chi connectivity index (χ3n) is 1.97. The van der Waals surface area contributed by atoms with Gasteiger partial charge in [0.25, 0.3) is 0 Å². The number of carbonyl (C=O) groups is 1. The van der Waals surface area contributed by atoms with Gasteiger partial charge in [0.2, 0.25) is 5.91 Å². The highest BCUT2D eigenvalue weighted by Gasteiger charge is 2.11. The number of hydrogen-bond donors (Lipinski definition) is 1. The lowest BCUT2D eigenvalue weighted by atomic mass is 10.1. The average molecular weight is 262 g/mol. The van der Waals surface area contributed by atoms with Crippen LogP contribution in [-0.2, 0) is 20.8 Å². The second-order valence-electron chi connectivity index (χ2n) is 3.24. The van der Waals surface area contributed by atoms with Crippen LogP contribution in [0.1, 0.15) is 5.56 Å². The maximum Gasteiger partial charge on any atom is 0.248 e. The van der Waals surface area contributed by atoms with Gasteiger partial charge < -0.3 is 4.74 Å². The molecule has 0 aliphatic carbocycles. The molecule has 0 unspecified atom stereocenters. The molecule has 6 heteroatoms. The minimum Gasteiger partial charge on any atom is -0.382 e. The van der Waals surface area contributed by atoms with E-state index in [-0.39, 0.29) is 23.6 Å². The lowest BCUT2D eigenvalue weighted by Gasteiger charge is -2.07. The van der Waals surface area contributed by atoms with Crippen molar-refractivity contribution < 1.29 is 18.8 Å². The van der Waals surface area contributed by atoms with E-state index in [2.05, 4.69) is 5.48 Å². The molecule has 0 radical (unpaired) electrons. The van der Waals surface area contributed by atoms with Gasteiger partial charge in [-0.25, -0.2) is 9.87 Å². The van der Waals surface area contributed by atoms with Gasteiger partial charge in [-0.2, -0.15) is 0 Å². The second-order valence-corrected chi connectivity index (χ2v) is 3.65. The maximum absolute atomic E-state index is 13.3. The number of methoxy groups -OCH3 is 1. The molecule has 0 spiro atoms. The molecule has 0 fully saturated rings. The first-order chi connectivity index (χ1) is 8.15. The summed E-state index contributed by atoms with van der Waals surface area (Å²) in [5, 5.41) is 0.219. The van der Waals surface area contributed by atoms with Crippen molar-refractivity contribution >= 4 is 17.5 Å². The summed E-state index contributed by atoms with van der Waals surface area (Å²) >= 11 is 5.78. The van der Waals surface area contributed by atoms with E-state index in [1.54, 1.807) is 0 Å². The SMILES string of the molecule is COCCONC(=O)Cc1c(F)cccc1Cl. The fraction of sp³-hybridized carbons (Fsp3) is 0.364. The number of rotatable bonds is 6. The quantitative estimate of drug-likeness (QED) is 0.627. The van der Waals surface area contributed by atoms with E-state index in [4.69, 9.17) is 21.2 Å². The van der Waals surface area contributed by atoms with Gasteiger partial charge in [0.1, 0.15) is 5.82 Å². The minimum atomic E-state index is -0.510. The van der Waals surface area contributed by atoms with E-state index in [0.717, 1.165) is 0 Å². The number of benzene rings is 1. The lowest BCUT2D eigenvalue weighted by Crippen LogP contribution is -2.27. The van der Waals surface area contributed by atoms with Crippen molar-refractivity contribution in [3.63, 3.8) is 0 Å². The summed E-state index contributed by atoms with van der Waals surface area (Å²) in [7, 11) is 1.52. The second kappa shape index (κ2) is 7.21. The highest BCUT2D eigenvalue weighted by atomic mass is 35.5. The van der Waals surface area contributed by atoms with Gasteiger partial charge >= 0.3 is 0 Å².